The second kappa shape index (κ2) is 5.18. The number of benzene rings is 1. The Kier molecular flexibility index (Phi) is 3.43. The second-order valence-electron chi connectivity index (χ2n) is 3.75. The minimum atomic E-state index is -0.539. The Morgan fingerprint density at radius 2 is 2.06 bits per heavy atom. The van der Waals surface area contributed by atoms with E-state index < -0.39 is 5.91 Å². The summed E-state index contributed by atoms with van der Waals surface area (Å²) >= 11 is 0. The molecule has 0 fully saturated rings. The van der Waals surface area contributed by atoms with E-state index in [1.54, 1.807) is 36.5 Å². The lowest BCUT2D eigenvalue weighted by molar-refractivity contribution is 0.100. The number of carbonyl (C=O) groups is 1. The molecule has 18 heavy (non-hydrogen) atoms. The SMILES string of the molecule is NC(=O)c1cccnc1NCc1ccccc1O. The number of anilines is 1. The summed E-state index contributed by atoms with van der Waals surface area (Å²) in [6.45, 7) is 0.365. The van der Waals surface area contributed by atoms with Gasteiger partial charge in [0.1, 0.15) is 11.6 Å². The van der Waals surface area contributed by atoms with E-state index in [4.69, 9.17) is 5.73 Å². The van der Waals surface area contributed by atoms with E-state index >= 15 is 0 Å². The topological polar surface area (TPSA) is 88.2 Å². The number of carbonyl (C=O) groups excluding carboxylic acids is 1. The van der Waals surface area contributed by atoms with Crippen LogP contribution in [0, 0.1) is 0 Å². The molecule has 1 aromatic heterocycles. The maximum absolute atomic E-state index is 11.2. The van der Waals surface area contributed by atoms with E-state index in [2.05, 4.69) is 10.3 Å². The third kappa shape index (κ3) is 2.57. The van der Waals surface area contributed by atoms with E-state index in [0.717, 1.165) is 5.56 Å². The first kappa shape index (κ1) is 11.9. The molecule has 0 radical (unpaired) electrons. The molecule has 5 heteroatoms. The molecule has 0 saturated heterocycles. The van der Waals surface area contributed by atoms with Crippen LogP contribution in [0.25, 0.3) is 0 Å². The summed E-state index contributed by atoms with van der Waals surface area (Å²) in [4.78, 5) is 15.2. The van der Waals surface area contributed by atoms with Gasteiger partial charge in [-0.05, 0) is 18.2 Å². The number of aromatic nitrogens is 1. The van der Waals surface area contributed by atoms with Crippen molar-refractivity contribution in [2.45, 2.75) is 6.54 Å². The smallest absolute Gasteiger partial charge is 0.252 e. The van der Waals surface area contributed by atoms with Crippen LogP contribution in [0.5, 0.6) is 5.75 Å². The van der Waals surface area contributed by atoms with Crippen molar-refractivity contribution < 1.29 is 9.90 Å². The predicted octanol–water partition coefficient (Wildman–Crippen LogP) is 1.50. The van der Waals surface area contributed by atoms with Gasteiger partial charge in [0, 0.05) is 18.3 Å². The number of amides is 1. The van der Waals surface area contributed by atoms with Crippen LogP contribution < -0.4 is 11.1 Å². The first-order valence-corrected chi connectivity index (χ1v) is 5.44. The van der Waals surface area contributed by atoms with Crippen LogP contribution in [0.4, 0.5) is 5.82 Å². The molecule has 0 atom stereocenters. The number of phenols is 1. The molecular formula is C13H13N3O2. The summed E-state index contributed by atoms with van der Waals surface area (Å²) in [6, 6.07) is 10.2. The quantitative estimate of drug-likeness (QED) is 0.759. The summed E-state index contributed by atoms with van der Waals surface area (Å²) < 4.78 is 0. The third-order valence-electron chi connectivity index (χ3n) is 2.51. The van der Waals surface area contributed by atoms with Crippen LogP contribution in [-0.4, -0.2) is 16.0 Å². The number of primary amides is 1. The number of pyridine rings is 1. The van der Waals surface area contributed by atoms with Crippen LogP contribution in [0.1, 0.15) is 15.9 Å². The molecule has 4 N–H and O–H groups in total. The molecule has 0 aliphatic heterocycles. The number of rotatable bonds is 4. The fourth-order valence-electron chi connectivity index (χ4n) is 1.58. The summed E-state index contributed by atoms with van der Waals surface area (Å²) in [5.74, 6) is 0.0673. The number of para-hydroxylation sites is 1. The number of nitrogens with zero attached hydrogens (tertiary/aromatic N) is 1. The Morgan fingerprint density at radius 1 is 1.28 bits per heavy atom. The van der Waals surface area contributed by atoms with Gasteiger partial charge in [-0.1, -0.05) is 18.2 Å². The second-order valence-corrected chi connectivity index (χ2v) is 3.75. The minimum Gasteiger partial charge on any atom is -0.508 e. The fourth-order valence-corrected chi connectivity index (χ4v) is 1.58. The van der Waals surface area contributed by atoms with Crippen molar-refractivity contribution in [1.82, 2.24) is 4.98 Å². The van der Waals surface area contributed by atoms with Crippen molar-refractivity contribution >= 4 is 11.7 Å². The number of nitrogens with two attached hydrogens (primary N) is 1. The van der Waals surface area contributed by atoms with Crippen LogP contribution in [0.15, 0.2) is 42.6 Å². The molecule has 5 nitrogen and oxygen atoms in total. The van der Waals surface area contributed by atoms with Gasteiger partial charge in [0.05, 0.1) is 5.56 Å². The molecule has 0 saturated carbocycles. The molecule has 0 aliphatic rings. The van der Waals surface area contributed by atoms with E-state index in [1.165, 1.54) is 0 Å². The van der Waals surface area contributed by atoms with Gasteiger partial charge in [0.2, 0.25) is 0 Å². The van der Waals surface area contributed by atoms with Gasteiger partial charge in [0.15, 0.2) is 0 Å². The van der Waals surface area contributed by atoms with E-state index in [-0.39, 0.29) is 5.75 Å². The third-order valence-corrected chi connectivity index (χ3v) is 2.51. The van der Waals surface area contributed by atoms with E-state index in [9.17, 15) is 9.90 Å². The number of phenolic OH excluding ortho intramolecular Hbond substituents is 1. The highest BCUT2D eigenvalue weighted by Crippen LogP contribution is 2.18. The monoisotopic (exact) mass is 243 g/mol. The Hall–Kier alpha value is -2.56. The first-order valence-electron chi connectivity index (χ1n) is 5.44. The van der Waals surface area contributed by atoms with Crippen molar-refractivity contribution in [2.24, 2.45) is 5.73 Å². The summed E-state index contributed by atoms with van der Waals surface area (Å²) in [7, 11) is 0. The maximum Gasteiger partial charge on any atom is 0.252 e. The molecular weight excluding hydrogens is 230 g/mol. The Bertz CT molecular complexity index is 570. The van der Waals surface area contributed by atoms with Crippen molar-refractivity contribution in [3.63, 3.8) is 0 Å². The number of hydrogen-bond acceptors (Lipinski definition) is 4. The molecule has 0 aliphatic carbocycles. The zero-order chi connectivity index (χ0) is 13.0. The average molecular weight is 243 g/mol. The maximum atomic E-state index is 11.2. The van der Waals surface area contributed by atoms with E-state index in [0.29, 0.717) is 17.9 Å². The fraction of sp³-hybridized carbons (Fsp3) is 0.0769. The molecule has 92 valence electrons. The van der Waals surface area contributed by atoms with Gasteiger partial charge >= 0.3 is 0 Å². The molecule has 0 unspecified atom stereocenters. The highest BCUT2D eigenvalue weighted by atomic mass is 16.3. The van der Waals surface area contributed by atoms with Crippen molar-refractivity contribution in [3.8, 4) is 5.75 Å². The van der Waals surface area contributed by atoms with Gasteiger partial charge in [0.25, 0.3) is 5.91 Å². The lowest BCUT2D eigenvalue weighted by Crippen LogP contribution is -2.15. The number of hydrogen-bond donors (Lipinski definition) is 3. The Morgan fingerprint density at radius 3 is 2.78 bits per heavy atom. The van der Waals surface area contributed by atoms with Crippen molar-refractivity contribution in [2.75, 3.05) is 5.32 Å². The molecule has 1 amide bonds. The number of nitrogens with one attached hydrogen (secondary N) is 1. The molecule has 2 aromatic rings. The normalized spacial score (nSPS) is 10.0. The van der Waals surface area contributed by atoms with Crippen LogP contribution in [0.2, 0.25) is 0 Å². The summed E-state index contributed by atoms with van der Waals surface area (Å²) in [5.41, 5.74) is 6.29. The van der Waals surface area contributed by atoms with Crippen molar-refractivity contribution in [1.29, 1.82) is 0 Å². The van der Waals surface area contributed by atoms with E-state index in [1.807, 2.05) is 6.07 Å². The zero-order valence-electron chi connectivity index (χ0n) is 9.63. The molecule has 1 heterocycles. The molecule has 0 spiro atoms. The molecule has 1 aromatic carbocycles. The molecule has 0 bridgehead atoms. The van der Waals surface area contributed by atoms with Gasteiger partial charge in [-0.15, -0.1) is 0 Å². The van der Waals surface area contributed by atoms with Crippen LogP contribution in [-0.2, 0) is 6.54 Å². The Balaban J connectivity index is 2.16. The van der Waals surface area contributed by atoms with Crippen molar-refractivity contribution in [3.05, 3.63) is 53.7 Å². The Labute approximate surface area is 104 Å². The lowest BCUT2D eigenvalue weighted by atomic mass is 10.2. The summed E-state index contributed by atoms with van der Waals surface area (Å²) in [5, 5.41) is 12.6. The minimum absolute atomic E-state index is 0.196. The lowest BCUT2D eigenvalue weighted by Gasteiger charge is -2.09. The van der Waals surface area contributed by atoms with Gasteiger partial charge < -0.3 is 16.2 Å². The predicted molar refractivity (Wildman–Crippen MR) is 68.2 cm³/mol. The standard InChI is InChI=1S/C13H13N3O2/c14-12(18)10-5-3-7-15-13(10)16-8-9-4-1-2-6-11(9)17/h1-7,17H,8H2,(H2,14,18)(H,15,16). The largest absolute Gasteiger partial charge is 0.508 e. The van der Waals surface area contributed by atoms with Gasteiger partial charge in [-0.25, -0.2) is 4.98 Å². The zero-order valence-corrected chi connectivity index (χ0v) is 9.63. The first-order chi connectivity index (χ1) is 8.68. The highest BCUT2D eigenvalue weighted by molar-refractivity contribution is 5.97. The summed E-state index contributed by atoms with van der Waals surface area (Å²) in [6.07, 6.45) is 1.57. The average Bonchev–Trinajstić information content (AvgIpc) is 2.38. The highest BCUT2D eigenvalue weighted by Gasteiger charge is 2.08. The molecule has 2 rings (SSSR count). The number of aromatic hydroxyl groups is 1. The van der Waals surface area contributed by atoms with Crippen LogP contribution >= 0.6 is 0 Å². The van der Waals surface area contributed by atoms with Gasteiger partial charge in [-0.2, -0.15) is 0 Å². The van der Waals surface area contributed by atoms with Crippen LogP contribution in [0.3, 0.4) is 0 Å². The van der Waals surface area contributed by atoms with Gasteiger partial charge in [-0.3, -0.25) is 4.79 Å².